The summed E-state index contributed by atoms with van der Waals surface area (Å²) in [5.41, 5.74) is 3.30. The van der Waals surface area contributed by atoms with Gasteiger partial charge in [-0.15, -0.1) is 11.8 Å². The van der Waals surface area contributed by atoms with Crippen LogP contribution in [0.5, 0.6) is 0 Å². The van der Waals surface area contributed by atoms with Gasteiger partial charge >= 0.3 is 0 Å². The van der Waals surface area contributed by atoms with Gasteiger partial charge in [-0.3, -0.25) is 11.3 Å². The van der Waals surface area contributed by atoms with Gasteiger partial charge in [0.15, 0.2) is 0 Å². The van der Waals surface area contributed by atoms with Crippen molar-refractivity contribution in [2.75, 3.05) is 0 Å². The third-order valence-corrected chi connectivity index (χ3v) is 3.52. The molecular weight excluding hydrogens is 172 g/mol. The number of hydrogen-bond acceptors (Lipinski definition) is 2. The first-order valence-electron chi connectivity index (χ1n) is 5.58. The summed E-state index contributed by atoms with van der Waals surface area (Å²) in [6, 6.07) is 0.357. The smallest absolute Gasteiger partial charge is 0.0373 e. The van der Waals surface area contributed by atoms with Gasteiger partial charge in [-0.1, -0.05) is 26.2 Å². The highest BCUT2D eigenvalue weighted by Crippen LogP contribution is 2.39. The zero-order valence-corrected chi connectivity index (χ0v) is 9.40. The summed E-state index contributed by atoms with van der Waals surface area (Å²) >= 11 is 0. The molecule has 80 valence electrons. The molecule has 1 aliphatic carbocycles. The van der Waals surface area contributed by atoms with Crippen LogP contribution < -0.4 is 11.3 Å². The summed E-state index contributed by atoms with van der Waals surface area (Å²) in [5.74, 6) is 11.7. The van der Waals surface area contributed by atoms with E-state index in [0.29, 0.717) is 11.5 Å². The van der Waals surface area contributed by atoms with E-state index in [-0.39, 0.29) is 0 Å². The molecule has 1 aliphatic rings. The lowest BCUT2D eigenvalue weighted by atomic mass is 9.70. The normalized spacial score (nSPS) is 22.2. The molecule has 1 fully saturated rings. The minimum Gasteiger partial charge on any atom is -0.271 e. The summed E-state index contributed by atoms with van der Waals surface area (Å²) in [6.07, 6.45) is 7.51. The molecule has 0 spiro atoms. The predicted molar refractivity (Wildman–Crippen MR) is 60.4 cm³/mol. The zero-order valence-electron chi connectivity index (χ0n) is 9.40. The van der Waals surface area contributed by atoms with Gasteiger partial charge in [0.05, 0.1) is 0 Å². The Morgan fingerprint density at radius 1 is 1.36 bits per heavy atom. The molecule has 0 saturated heterocycles. The Bertz CT molecular complexity index is 218. The van der Waals surface area contributed by atoms with Crippen molar-refractivity contribution in [1.82, 2.24) is 5.43 Å². The Labute approximate surface area is 87.6 Å². The molecule has 1 atom stereocenters. The maximum Gasteiger partial charge on any atom is 0.0373 e. The molecule has 0 amide bonds. The van der Waals surface area contributed by atoms with E-state index in [2.05, 4.69) is 24.2 Å². The van der Waals surface area contributed by atoms with Crippen LogP contribution in [0.2, 0.25) is 0 Å². The lowest BCUT2D eigenvalue weighted by molar-refractivity contribution is 0.147. The maximum atomic E-state index is 5.61. The number of nitrogens with two attached hydrogens (primary N) is 1. The van der Waals surface area contributed by atoms with Crippen molar-refractivity contribution >= 4 is 0 Å². The van der Waals surface area contributed by atoms with Gasteiger partial charge in [-0.05, 0) is 25.2 Å². The third-order valence-electron chi connectivity index (χ3n) is 3.52. The van der Waals surface area contributed by atoms with Crippen molar-refractivity contribution < 1.29 is 0 Å². The second kappa shape index (κ2) is 5.38. The molecule has 2 nitrogen and oxygen atoms in total. The minimum absolute atomic E-state index is 0.357. The van der Waals surface area contributed by atoms with Crippen molar-refractivity contribution in [1.29, 1.82) is 0 Å². The number of rotatable bonds is 3. The first-order chi connectivity index (χ1) is 6.73. The van der Waals surface area contributed by atoms with E-state index >= 15 is 0 Å². The molecule has 3 N–H and O–H groups in total. The average molecular weight is 194 g/mol. The van der Waals surface area contributed by atoms with E-state index in [9.17, 15) is 0 Å². The van der Waals surface area contributed by atoms with Gasteiger partial charge in [-0.25, -0.2) is 0 Å². The Hall–Kier alpha value is -0.520. The molecule has 1 saturated carbocycles. The monoisotopic (exact) mass is 194 g/mol. The van der Waals surface area contributed by atoms with E-state index in [4.69, 9.17) is 5.84 Å². The molecule has 2 heteroatoms. The number of hydrazine groups is 1. The van der Waals surface area contributed by atoms with Crippen LogP contribution in [0.1, 0.15) is 52.4 Å². The molecule has 0 bridgehead atoms. The van der Waals surface area contributed by atoms with Gasteiger partial charge in [-0.2, -0.15) is 0 Å². The number of nitrogens with one attached hydrogen (secondary N) is 1. The quantitative estimate of drug-likeness (QED) is 0.410. The molecule has 0 aromatic heterocycles. The largest absolute Gasteiger partial charge is 0.271 e. The van der Waals surface area contributed by atoms with Gasteiger partial charge in [0, 0.05) is 12.5 Å². The summed E-state index contributed by atoms with van der Waals surface area (Å²) in [6.45, 7) is 4.23. The Kier molecular flexibility index (Phi) is 4.44. The van der Waals surface area contributed by atoms with E-state index in [1.807, 2.05) is 6.92 Å². The Balaban J connectivity index is 2.58. The van der Waals surface area contributed by atoms with Crippen molar-refractivity contribution in [3.63, 3.8) is 0 Å². The first-order valence-corrected chi connectivity index (χ1v) is 5.58. The average Bonchev–Trinajstić information content (AvgIpc) is 2.20. The molecule has 0 radical (unpaired) electrons. The number of hydrogen-bond donors (Lipinski definition) is 2. The fourth-order valence-electron chi connectivity index (χ4n) is 2.42. The van der Waals surface area contributed by atoms with Crippen LogP contribution in [0, 0.1) is 17.3 Å². The Morgan fingerprint density at radius 2 is 2.00 bits per heavy atom. The molecule has 0 heterocycles. The van der Waals surface area contributed by atoms with Crippen LogP contribution >= 0.6 is 0 Å². The first kappa shape index (κ1) is 11.6. The maximum absolute atomic E-state index is 5.61. The summed E-state index contributed by atoms with van der Waals surface area (Å²) in [4.78, 5) is 0. The SMILES string of the molecule is CC#CCC(NN)C1(C)CCCCC1. The lowest BCUT2D eigenvalue weighted by Crippen LogP contribution is -2.47. The molecule has 14 heavy (non-hydrogen) atoms. The minimum atomic E-state index is 0.357. The summed E-state index contributed by atoms with van der Waals surface area (Å²) in [7, 11) is 0. The van der Waals surface area contributed by atoms with Crippen LogP contribution in [0.4, 0.5) is 0 Å². The zero-order chi connectivity index (χ0) is 10.4. The van der Waals surface area contributed by atoms with Crippen LogP contribution in [-0.4, -0.2) is 6.04 Å². The summed E-state index contributed by atoms with van der Waals surface area (Å²) in [5, 5.41) is 0. The van der Waals surface area contributed by atoms with E-state index < -0.39 is 0 Å². The molecule has 0 aromatic rings. The van der Waals surface area contributed by atoms with Gasteiger partial charge in [0.2, 0.25) is 0 Å². The second-order valence-corrected chi connectivity index (χ2v) is 4.56. The van der Waals surface area contributed by atoms with Crippen molar-refractivity contribution in [2.45, 2.75) is 58.4 Å². The van der Waals surface area contributed by atoms with Gasteiger partial charge < -0.3 is 0 Å². The van der Waals surface area contributed by atoms with Crippen LogP contribution in [0.15, 0.2) is 0 Å². The molecular formula is C12H22N2. The third kappa shape index (κ3) is 2.73. The van der Waals surface area contributed by atoms with Crippen LogP contribution in [0.3, 0.4) is 0 Å². The molecule has 0 aromatic carbocycles. The predicted octanol–water partition coefficient (Wildman–Crippen LogP) is 2.20. The van der Waals surface area contributed by atoms with E-state index in [1.54, 1.807) is 0 Å². The highest BCUT2D eigenvalue weighted by atomic mass is 15.2. The van der Waals surface area contributed by atoms with Crippen molar-refractivity contribution in [3.8, 4) is 11.8 Å². The standard InChI is InChI=1S/C12H22N2/c1-3-4-8-11(14-13)12(2)9-6-5-7-10-12/h11,14H,5-10,13H2,1-2H3. The second-order valence-electron chi connectivity index (χ2n) is 4.56. The highest BCUT2D eigenvalue weighted by molar-refractivity contribution is 5.02. The van der Waals surface area contributed by atoms with Crippen molar-refractivity contribution in [3.05, 3.63) is 0 Å². The van der Waals surface area contributed by atoms with E-state index in [0.717, 1.165) is 6.42 Å². The van der Waals surface area contributed by atoms with Gasteiger partial charge in [0.25, 0.3) is 0 Å². The topological polar surface area (TPSA) is 38.0 Å². The van der Waals surface area contributed by atoms with Crippen molar-refractivity contribution in [2.24, 2.45) is 11.3 Å². The fraction of sp³-hybridized carbons (Fsp3) is 0.833. The highest BCUT2D eigenvalue weighted by Gasteiger charge is 2.34. The van der Waals surface area contributed by atoms with E-state index in [1.165, 1.54) is 32.1 Å². The van der Waals surface area contributed by atoms with Crippen LogP contribution in [-0.2, 0) is 0 Å². The molecule has 1 unspecified atom stereocenters. The molecule has 0 aliphatic heterocycles. The molecule has 1 rings (SSSR count). The lowest BCUT2D eigenvalue weighted by Gasteiger charge is -2.39. The fourth-order valence-corrected chi connectivity index (χ4v) is 2.42. The van der Waals surface area contributed by atoms with Gasteiger partial charge in [0.1, 0.15) is 0 Å². The summed E-state index contributed by atoms with van der Waals surface area (Å²) < 4.78 is 0. The Morgan fingerprint density at radius 3 is 2.50 bits per heavy atom. The van der Waals surface area contributed by atoms with Crippen LogP contribution in [0.25, 0.3) is 0 Å².